The van der Waals surface area contributed by atoms with Gasteiger partial charge in [0, 0.05) is 31.3 Å². The normalized spacial score (nSPS) is 14.5. The standard InChI is InChI=1S/C22H16N4O4/c23-8-13-7-19(29-12-13)21-24-20(25-30-21)18-6-5-14(16-3-1-2-4-17(16)18)9-26-10-15(11-26)22(27)28/h1-7,12,15H,9-11H2,(H,27,28). The van der Waals surface area contributed by atoms with Crippen LogP contribution in [0.4, 0.5) is 0 Å². The van der Waals surface area contributed by atoms with Crippen molar-refractivity contribution in [2.24, 2.45) is 5.92 Å². The molecule has 0 bridgehead atoms. The molecular formula is C22H16N4O4. The average Bonchev–Trinajstić information content (AvgIpc) is 3.39. The molecule has 2 aromatic heterocycles. The number of hydrogen-bond donors (Lipinski definition) is 1. The van der Waals surface area contributed by atoms with Gasteiger partial charge in [0.1, 0.15) is 12.3 Å². The number of benzene rings is 2. The molecule has 1 saturated heterocycles. The van der Waals surface area contributed by atoms with Gasteiger partial charge in [-0.3, -0.25) is 9.69 Å². The third-order valence-electron chi connectivity index (χ3n) is 5.32. The third kappa shape index (κ3) is 3.11. The molecule has 5 rings (SSSR count). The topological polar surface area (TPSA) is 116 Å². The van der Waals surface area contributed by atoms with Crippen LogP contribution < -0.4 is 0 Å². The molecule has 1 N–H and O–H groups in total. The fourth-order valence-corrected chi connectivity index (χ4v) is 3.73. The summed E-state index contributed by atoms with van der Waals surface area (Å²) < 4.78 is 10.7. The predicted molar refractivity (Wildman–Crippen MR) is 106 cm³/mol. The molecule has 1 aliphatic heterocycles. The number of nitrogens with zero attached hydrogens (tertiary/aromatic N) is 4. The number of rotatable bonds is 5. The summed E-state index contributed by atoms with van der Waals surface area (Å²) in [6.45, 7) is 1.81. The van der Waals surface area contributed by atoms with Crippen molar-refractivity contribution < 1.29 is 18.8 Å². The quantitative estimate of drug-likeness (QED) is 0.541. The van der Waals surface area contributed by atoms with Gasteiger partial charge in [-0.25, -0.2) is 0 Å². The molecule has 4 aromatic rings. The van der Waals surface area contributed by atoms with Gasteiger partial charge < -0.3 is 14.0 Å². The second-order valence-corrected chi connectivity index (χ2v) is 7.28. The minimum atomic E-state index is -0.738. The summed E-state index contributed by atoms with van der Waals surface area (Å²) in [7, 11) is 0. The Morgan fingerprint density at radius 3 is 2.77 bits per heavy atom. The minimum Gasteiger partial charge on any atom is -0.481 e. The van der Waals surface area contributed by atoms with Crippen LogP contribution in [0.25, 0.3) is 33.8 Å². The Labute approximate surface area is 170 Å². The SMILES string of the molecule is N#Cc1coc(-c2nc(-c3ccc(CN4CC(C(=O)O)C4)c4ccccc34)no2)c1. The van der Waals surface area contributed by atoms with E-state index in [-0.39, 0.29) is 11.8 Å². The number of carboxylic acid groups (broad SMARTS) is 1. The van der Waals surface area contributed by atoms with Crippen LogP contribution in [0, 0.1) is 17.2 Å². The van der Waals surface area contributed by atoms with Crippen molar-refractivity contribution in [1.29, 1.82) is 5.26 Å². The number of nitriles is 1. The zero-order chi connectivity index (χ0) is 20.7. The Balaban J connectivity index is 1.46. The number of carbonyl (C=O) groups is 1. The van der Waals surface area contributed by atoms with E-state index in [9.17, 15) is 4.79 Å². The molecule has 0 saturated carbocycles. The minimum absolute atomic E-state index is 0.208. The van der Waals surface area contributed by atoms with Gasteiger partial charge in [-0.2, -0.15) is 10.2 Å². The Morgan fingerprint density at radius 1 is 1.23 bits per heavy atom. The maximum Gasteiger partial charge on any atom is 0.309 e. The van der Waals surface area contributed by atoms with Gasteiger partial charge in [0.25, 0.3) is 5.89 Å². The maximum atomic E-state index is 11.0. The Morgan fingerprint density at radius 2 is 2.03 bits per heavy atom. The molecule has 1 fully saturated rings. The van der Waals surface area contributed by atoms with Crippen LogP contribution in [-0.4, -0.2) is 39.2 Å². The van der Waals surface area contributed by atoms with Crippen molar-refractivity contribution >= 4 is 16.7 Å². The number of likely N-dealkylation sites (tertiary alicyclic amines) is 1. The molecular weight excluding hydrogens is 384 g/mol. The Kier molecular flexibility index (Phi) is 4.30. The number of carboxylic acids is 1. The van der Waals surface area contributed by atoms with E-state index < -0.39 is 5.97 Å². The zero-order valence-corrected chi connectivity index (χ0v) is 15.8. The number of aromatic nitrogens is 2. The van der Waals surface area contributed by atoms with Crippen LogP contribution in [0.1, 0.15) is 11.1 Å². The van der Waals surface area contributed by atoms with E-state index in [0.29, 0.717) is 36.8 Å². The summed E-state index contributed by atoms with van der Waals surface area (Å²) in [6, 6.07) is 15.5. The fourth-order valence-electron chi connectivity index (χ4n) is 3.73. The van der Waals surface area contributed by atoms with Crippen LogP contribution in [-0.2, 0) is 11.3 Å². The van der Waals surface area contributed by atoms with Crippen molar-refractivity contribution in [3.05, 3.63) is 59.9 Å². The third-order valence-corrected chi connectivity index (χ3v) is 5.32. The molecule has 148 valence electrons. The highest BCUT2D eigenvalue weighted by molar-refractivity contribution is 5.97. The molecule has 0 aliphatic carbocycles. The van der Waals surface area contributed by atoms with Crippen LogP contribution in [0.3, 0.4) is 0 Å². The Hall–Kier alpha value is -3.96. The van der Waals surface area contributed by atoms with Crippen molar-refractivity contribution in [1.82, 2.24) is 15.0 Å². The van der Waals surface area contributed by atoms with Gasteiger partial charge in [-0.1, -0.05) is 41.6 Å². The van der Waals surface area contributed by atoms with Crippen LogP contribution in [0.5, 0.6) is 0 Å². The average molecular weight is 400 g/mol. The van der Waals surface area contributed by atoms with E-state index in [1.54, 1.807) is 6.07 Å². The molecule has 1 aliphatic rings. The van der Waals surface area contributed by atoms with Crippen molar-refractivity contribution in [3.8, 4) is 29.1 Å². The molecule has 0 radical (unpaired) electrons. The van der Waals surface area contributed by atoms with E-state index in [0.717, 1.165) is 21.9 Å². The maximum absolute atomic E-state index is 11.0. The monoisotopic (exact) mass is 400 g/mol. The lowest BCUT2D eigenvalue weighted by atomic mass is 9.95. The van der Waals surface area contributed by atoms with E-state index in [2.05, 4.69) is 15.0 Å². The van der Waals surface area contributed by atoms with Gasteiger partial charge >= 0.3 is 5.97 Å². The van der Waals surface area contributed by atoms with Crippen molar-refractivity contribution in [2.45, 2.75) is 6.54 Å². The lowest BCUT2D eigenvalue weighted by Gasteiger charge is -2.36. The van der Waals surface area contributed by atoms with Crippen molar-refractivity contribution in [3.63, 3.8) is 0 Å². The van der Waals surface area contributed by atoms with E-state index in [1.165, 1.54) is 6.26 Å². The highest BCUT2D eigenvalue weighted by Gasteiger charge is 2.32. The predicted octanol–water partition coefficient (Wildman–Crippen LogP) is 3.54. The van der Waals surface area contributed by atoms with Gasteiger partial charge in [0.2, 0.25) is 5.82 Å². The number of fused-ring (bicyclic) bond motifs is 1. The van der Waals surface area contributed by atoms with Crippen molar-refractivity contribution in [2.75, 3.05) is 13.1 Å². The van der Waals surface area contributed by atoms with Gasteiger partial charge in [0.05, 0.1) is 11.5 Å². The zero-order valence-electron chi connectivity index (χ0n) is 15.8. The second-order valence-electron chi connectivity index (χ2n) is 7.28. The van der Waals surface area contributed by atoms with Crippen LogP contribution in [0.15, 0.2) is 57.7 Å². The smallest absolute Gasteiger partial charge is 0.309 e. The van der Waals surface area contributed by atoms with Crippen LogP contribution >= 0.6 is 0 Å². The molecule has 0 atom stereocenters. The molecule has 2 aromatic carbocycles. The first-order valence-corrected chi connectivity index (χ1v) is 9.41. The van der Waals surface area contributed by atoms with Gasteiger partial charge in [0.15, 0.2) is 5.76 Å². The molecule has 0 spiro atoms. The molecule has 8 heteroatoms. The summed E-state index contributed by atoms with van der Waals surface area (Å²) in [5.74, 6) is -0.0382. The summed E-state index contributed by atoms with van der Waals surface area (Å²) in [5, 5.41) is 24.2. The first-order chi connectivity index (χ1) is 14.6. The second kappa shape index (κ2) is 7.13. The number of hydrogen-bond acceptors (Lipinski definition) is 7. The highest BCUT2D eigenvalue weighted by Crippen LogP contribution is 2.32. The van der Waals surface area contributed by atoms with Crippen LogP contribution in [0.2, 0.25) is 0 Å². The lowest BCUT2D eigenvalue weighted by Crippen LogP contribution is -2.49. The molecule has 0 unspecified atom stereocenters. The molecule has 3 heterocycles. The lowest BCUT2D eigenvalue weighted by molar-refractivity contribution is -0.147. The number of furan rings is 1. The van der Waals surface area contributed by atoms with E-state index >= 15 is 0 Å². The summed E-state index contributed by atoms with van der Waals surface area (Å²) in [4.78, 5) is 17.6. The first-order valence-electron chi connectivity index (χ1n) is 9.41. The van der Waals surface area contributed by atoms with Gasteiger partial charge in [-0.05, 0) is 16.3 Å². The fraction of sp³-hybridized carbons (Fsp3) is 0.182. The Bertz CT molecular complexity index is 1290. The van der Waals surface area contributed by atoms with E-state index in [4.69, 9.17) is 19.3 Å². The largest absolute Gasteiger partial charge is 0.481 e. The summed E-state index contributed by atoms with van der Waals surface area (Å²) >= 11 is 0. The summed E-state index contributed by atoms with van der Waals surface area (Å²) in [6.07, 6.45) is 1.34. The summed E-state index contributed by atoms with van der Waals surface area (Å²) in [5.41, 5.74) is 2.32. The first kappa shape index (κ1) is 18.1. The van der Waals surface area contributed by atoms with Gasteiger partial charge in [-0.15, -0.1) is 0 Å². The highest BCUT2D eigenvalue weighted by atomic mass is 16.5. The van der Waals surface area contributed by atoms with E-state index in [1.807, 2.05) is 42.5 Å². The molecule has 8 nitrogen and oxygen atoms in total. The number of aliphatic carboxylic acids is 1. The molecule has 30 heavy (non-hydrogen) atoms. The molecule has 0 amide bonds.